The Hall–Kier alpha value is -3.06. The Morgan fingerprint density at radius 1 is 1.22 bits per heavy atom. The van der Waals surface area contributed by atoms with Crippen LogP contribution in [-0.2, 0) is 0 Å². The Morgan fingerprint density at radius 2 is 2.00 bits per heavy atom. The summed E-state index contributed by atoms with van der Waals surface area (Å²) in [5.74, 6) is 1.62. The number of amides is 1. The van der Waals surface area contributed by atoms with Gasteiger partial charge in [0.15, 0.2) is 17.3 Å². The fraction of sp³-hybridized carbons (Fsp3) is 0.375. The molecule has 170 valence electrons. The molecule has 1 N–H and O–H groups in total. The quantitative estimate of drug-likeness (QED) is 0.408. The maximum absolute atomic E-state index is 13.2. The Balaban J connectivity index is 1.95. The molecule has 0 aliphatic carbocycles. The van der Waals surface area contributed by atoms with Crippen molar-refractivity contribution in [2.24, 2.45) is 0 Å². The van der Waals surface area contributed by atoms with Gasteiger partial charge in [0.25, 0.3) is 11.8 Å². The van der Waals surface area contributed by atoms with Gasteiger partial charge >= 0.3 is 0 Å². The first kappa shape index (κ1) is 23.6. The van der Waals surface area contributed by atoms with Crippen LogP contribution in [0.3, 0.4) is 0 Å². The van der Waals surface area contributed by atoms with E-state index in [4.69, 9.17) is 25.6 Å². The molecule has 1 heterocycles. The molecule has 1 amide bonds. The van der Waals surface area contributed by atoms with Crippen LogP contribution >= 0.6 is 11.6 Å². The molecule has 0 atom stereocenters. The number of halogens is 1. The van der Waals surface area contributed by atoms with Gasteiger partial charge in [0, 0.05) is 11.5 Å². The van der Waals surface area contributed by atoms with Crippen molar-refractivity contribution in [3.05, 3.63) is 52.3 Å². The molecule has 3 aromatic rings. The summed E-state index contributed by atoms with van der Waals surface area (Å²) < 4.78 is 16.8. The maximum atomic E-state index is 13.2. The first-order valence-corrected chi connectivity index (χ1v) is 11.1. The smallest absolute Gasteiger partial charge is 0.260 e. The van der Waals surface area contributed by atoms with Gasteiger partial charge in [-0.15, -0.1) is 0 Å². The summed E-state index contributed by atoms with van der Waals surface area (Å²) in [6, 6.07) is 8.83. The lowest BCUT2D eigenvalue weighted by molar-refractivity contribution is 0.102. The first-order chi connectivity index (χ1) is 15.3. The summed E-state index contributed by atoms with van der Waals surface area (Å²) in [5.41, 5.74) is 2.46. The second-order valence-electron chi connectivity index (χ2n) is 7.63. The number of nitrogens with zero attached hydrogens (tertiary/aromatic N) is 2. The topological polar surface area (TPSA) is 86.5 Å². The third-order valence-electron chi connectivity index (χ3n) is 4.72. The highest BCUT2D eigenvalue weighted by Crippen LogP contribution is 2.37. The van der Waals surface area contributed by atoms with Crippen LogP contribution in [-0.4, -0.2) is 29.3 Å². The first-order valence-electron chi connectivity index (χ1n) is 10.7. The van der Waals surface area contributed by atoms with Crippen LogP contribution in [0.2, 0.25) is 5.02 Å². The molecule has 0 aliphatic heterocycles. The number of hydrogen-bond donors (Lipinski definition) is 1. The molecule has 0 saturated carbocycles. The Kier molecular flexibility index (Phi) is 7.75. The molecule has 0 spiro atoms. The number of nitrogens with one attached hydrogen (secondary N) is 1. The second kappa shape index (κ2) is 10.5. The summed E-state index contributed by atoms with van der Waals surface area (Å²) >= 11 is 6.43. The van der Waals surface area contributed by atoms with Crippen LogP contribution < -0.4 is 14.8 Å². The van der Waals surface area contributed by atoms with E-state index in [2.05, 4.69) is 15.5 Å². The molecule has 0 saturated heterocycles. The second-order valence-corrected chi connectivity index (χ2v) is 8.04. The van der Waals surface area contributed by atoms with Crippen molar-refractivity contribution in [3.63, 3.8) is 0 Å². The van der Waals surface area contributed by atoms with Gasteiger partial charge in [-0.1, -0.05) is 49.7 Å². The molecule has 7 nitrogen and oxygen atoms in total. The van der Waals surface area contributed by atoms with Crippen molar-refractivity contribution in [2.45, 2.75) is 47.0 Å². The average Bonchev–Trinajstić information content (AvgIpc) is 3.25. The number of carbonyl (C=O) groups is 1. The number of benzene rings is 2. The molecular formula is C24H28ClN3O4. The number of anilines is 1. The SMILES string of the molecule is CCCOc1c(Cl)cc(C(=O)Nc2c(C)cccc2-c2nc(C(C)C)no2)cc1OCC. The number of para-hydroxylation sites is 1. The van der Waals surface area contributed by atoms with Crippen molar-refractivity contribution in [2.75, 3.05) is 18.5 Å². The van der Waals surface area contributed by atoms with Crippen molar-refractivity contribution in [3.8, 4) is 23.0 Å². The van der Waals surface area contributed by atoms with Crippen molar-refractivity contribution < 1.29 is 18.8 Å². The van der Waals surface area contributed by atoms with Gasteiger partial charge in [0.1, 0.15) is 0 Å². The van der Waals surface area contributed by atoms with Gasteiger partial charge in [-0.2, -0.15) is 4.98 Å². The Morgan fingerprint density at radius 3 is 2.66 bits per heavy atom. The highest BCUT2D eigenvalue weighted by molar-refractivity contribution is 6.32. The lowest BCUT2D eigenvalue weighted by Gasteiger charge is -2.16. The third-order valence-corrected chi connectivity index (χ3v) is 5.00. The van der Waals surface area contributed by atoms with E-state index in [9.17, 15) is 4.79 Å². The zero-order chi connectivity index (χ0) is 23.3. The van der Waals surface area contributed by atoms with Gasteiger partial charge in [-0.05, 0) is 44.0 Å². The van der Waals surface area contributed by atoms with Crippen LogP contribution in [0.15, 0.2) is 34.9 Å². The van der Waals surface area contributed by atoms with Gasteiger partial charge in [0.05, 0.1) is 29.5 Å². The van der Waals surface area contributed by atoms with E-state index in [0.717, 1.165) is 12.0 Å². The summed E-state index contributed by atoms with van der Waals surface area (Å²) in [4.78, 5) is 17.6. The molecular weight excluding hydrogens is 430 g/mol. The predicted octanol–water partition coefficient (Wildman–Crippen LogP) is 6.26. The van der Waals surface area contributed by atoms with Crippen molar-refractivity contribution >= 4 is 23.2 Å². The van der Waals surface area contributed by atoms with Crippen LogP contribution in [0.25, 0.3) is 11.5 Å². The van der Waals surface area contributed by atoms with Gasteiger partial charge in [0.2, 0.25) is 0 Å². The zero-order valence-corrected chi connectivity index (χ0v) is 19.7. The van der Waals surface area contributed by atoms with E-state index >= 15 is 0 Å². The van der Waals surface area contributed by atoms with Crippen molar-refractivity contribution in [1.82, 2.24) is 10.1 Å². The number of carbonyl (C=O) groups excluding carboxylic acids is 1. The molecule has 1 aromatic heterocycles. The van der Waals surface area contributed by atoms with Crippen LogP contribution in [0.4, 0.5) is 5.69 Å². The van der Waals surface area contributed by atoms with E-state index in [1.807, 2.05) is 52.8 Å². The molecule has 0 bridgehead atoms. The lowest BCUT2D eigenvalue weighted by Crippen LogP contribution is -2.14. The lowest BCUT2D eigenvalue weighted by atomic mass is 10.1. The highest BCUT2D eigenvalue weighted by atomic mass is 35.5. The van der Waals surface area contributed by atoms with Crippen LogP contribution in [0.1, 0.15) is 61.8 Å². The summed E-state index contributed by atoms with van der Waals surface area (Å²) in [6.45, 7) is 10.7. The Bertz CT molecular complexity index is 1090. The minimum atomic E-state index is -0.339. The maximum Gasteiger partial charge on any atom is 0.260 e. The van der Waals surface area contributed by atoms with Gasteiger partial charge in [-0.3, -0.25) is 4.79 Å². The van der Waals surface area contributed by atoms with E-state index in [1.54, 1.807) is 12.1 Å². The van der Waals surface area contributed by atoms with E-state index in [1.165, 1.54) is 0 Å². The number of rotatable bonds is 9. The molecule has 32 heavy (non-hydrogen) atoms. The van der Waals surface area contributed by atoms with Crippen molar-refractivity contribution in [1.29, 1.82) is 0 Å². The van der Waals surface area contributed by atoms with Crippen LogP contribution in [0.5, 0.6) is 11.5 Å². The fourth-order valence-electron chi connectivity index (χ4n) is 3.08. The molecule has 2 aromatic carbocycles. The molecule has 3 rings (SSSR count). The minimum Gasteiger partial charge on any atom is -0.490 e. The van der Waals surface area contributed by atoms with Gasteiger partial charge < -0.3 is 19.3 Å². The molecule has 0 aliphatic rings. The van der Waals surface area contributed by atoms with Gasteiger partial charge in [-0.25, -0.2) is 0 Å². The highest BCUT2D eigenvalue weighted by Gasteiger charge is 2.20. The molecule has 0 unspecified atom stereocenters. The molecule has 0 fully saturated rings. The fourth-order valence-corrected chi connectivity index (χ4v) is 3.35. The predicted molar refractivity (Wildman–Crippen MR) is 125 cm³/mol. The number of hydrogen-bond acceptors (Lipinski definition) is 6. The summed E-state index contributed by atoms with van der Waals surface area (Å²) in [6.07, 6.45) is 0.828. The molecule has 0 radical (unpaired) electrons. The summed E-state index contributed by atoms with van der Waals surface area (Å²) in [5, 5.41) is 7.32. The average molecular weight is 458 g/mol. The largest absolute Gasteiger partial charge is 0.490 e. The van der Waals surface area contributed by atoms with E-state index in [0.29, 0.717) is 58.3 Å². The normalized spacial score (nSPS) is 11.0. The third kappa shape index (κ3) is 5.22. The monoisotopic (exact) mass is 457 g/mol. The zero-order valence-electron chi connectivity index (χ0n) is 19.0. The Labute approximate surface area is 193 Å². The number of aromatic nitrogens is 2. The number of aryl methyl sites for hydroxylation is 1. The standard InChI is InChI=1S/C24H28ClN3O4/c1-6-11-31-21-18(25)12-16(13-19(21)30-7-2)23(29)26-20-15(5)9-8-10-17(20)24-27-22(14(3)4)28-32-24/h8-10,12-14H,6-7,11H2,1-5H3,(H,26,29). The van der Waals surface area contributed by atoms with E-state index < -0.39 is 0 Å². The molecule has 8 heteroatoms. The number of ether oxygens (including phenoxy) is 2. The van der Waals surface area contributed by atoms with E-state index in [-0.39, 0.29) is 11.8 Å². The van der Waals surface area contributed by atoms with Crippen LogP contribution in [0, 0.1) is 6.92 Å². The minimum absolute atomic E-state index is 0.128. The summed E-state index contributed by atoms with van der Waals surface area (Å²) in [7, 11) is 0.